The Morgan fingerprint density at radius 3 is 2.50 bits per heavy atom. The van der Waals surface area contributed by atoms with Gasteiger partial charge in [-0.05, 0) is 36.1 Å². The maximum atomic E-state index is 13.0. The lowest BCUT2D eigenvalue weighted by Crippen LogP contribution is -2.33. The van der Waals surface area contributed by atoms with E-state index in [1.54, 1.807) is 18.1 Å². The van der Waals surface area contributed by atoms with Crippen molar-refractivity contribution in [2.45, 2.75) is 26.7 Å². The monoisotopic (exact) mass is 350 g/mol. The zero-order chi connectivity index (χ0) is 18.9. The van der Waals surface area contributed by atoms with Crippen molar-refractivity contribution in [2.75, 3.05) is 20.2 Å². The van der Waals surface area contributed by atoms with Gasteiger partial charge in [-0.3, -0.25) is 4.79 Å². The summed E-state index contributed by atoms with van der Waals surface area (Å²) in [6.07, 6.45) is 1.25. The van der Waals surface area contributed by atoms with Crippen molar-refractivity contribution in [2.24, 2.45) is 5.92 Å². The van der Waals surface area contributed by atoms with Gasteiger partial charge < -0.3 is 9.64 Å². The van der Waals surface area contributed by atoms with Crippen molar-refractivity contribution >= 4 is 5.91 Å². The van der Waals surface area contributed by atoms with Crippen molar-refractivity contribution in [3.05, 3.63) is 54.1 Å². The Labute approximate surface area is 156 Å². The molecule has 0 aliphatic rings. The summed E-state index contributed by atoms with van der Waals surface area (Å²) >= 11 is 0. The molecule has 1 amide bonds. The highest BCUT2D eigenvalue weighted by atomic mass is 16.5. The van der Waals surface area contributed by atoms with Gasteiger partial charge in [0, 0.05) is 24.2 Å². The summed E-state index contributed by atoms with van der Waals surface area (Å²) in [5, 5.41) is 8.90. The molecule has 0 radical (unpaired) electrons. The van der Waals surface area contributed by atoms with Gasteiger partial charge in [-0.1, -0.05) is 44.2 Å². The van der Waals surface area contributed by atoms with Crippen LogP contribution in [0.1, 0.15) is 37.0 Å². The molecule has 136 valence electrons. The summed E-state index contributed by atoms with van der Waals surface area (Å²) in [6, 6.07) is 17.5. The second-order valence-corrected chi connectivity index (χ2v) is 6.66. The van der Waals surface area contributed by atoms with Crippen molar-refractivity contribution in [3.63, 3.8) is 0 Å². The van der Waals surface area contributed by atoms with Crippen LogP contribution in [0.15, 0.2) is 48.5 Å². The molecule has 2 aromatic rings. The van der Waals surface area contributed by atoms with Crippen LogP contribution in [0.2, 0.25) is 0 Å². The smallest absolute Gasteiger partial charge is 0.253 e. The number of ether oxygens (including phenoxy) is 1. The number of hydrogen-bond donors (Lipinski definition) is 0. The third-order valence-corrected chi connectivity index (χ3v) is 4.29. The molecule has 0 saturated carbocycles. The number of hydrogen-bond acceptors (Lipinski definition) is 3. The van der Waals surface area contributed by atoms with Gasteiger partial charge in [-0.15, -0.1) is 0 Å². The molecule has 2 aromatic carbocycles. The normalized spacial score (nSPS) is 10.4. The molecule has 0 unspecified atom stereocenters. The van der Waals surface area contributed by atoms with Gasteiger partial charge in [0.25, 0.3) is 5.91 Å². The van der Waals surface area contributed by atoms with E-state index in [-0.39, 0.29) is 5.91 Å². The zero-order valence-corrected chi connectivity index (χ0v) is 15.7. The van der Waals surface area contributed by atoms with Crippen LogP contribution in [0.3, 0.4) is 0 Å². The number of methoxy groups -OCH3 is 1. The van der Waals surface area contributed by atoms with Crippen molar-refractivity contribution in [1.29, 1.82) is 5.26 Å². The fraction of sp³-hybridized carbons (Fsp3) is 0.364. The lowest BCUT2D eigenvalue weighted by atomic mass is 10.0. The van der Waals surface area contributed by atoms with Gasteiger partial charge in [-0.25, -0.2) is 0 Å². The van der Waals surface area contributed by atoms with Gasteiger partial charge >= 0.3 is 0 Å². The molecule has 0 atom stereocenters. The van der Waals surface area contributed by atoms with E-state index in [1.807, 2.05) is 42.5 Å². The molecule has 0 N–H and O–H groups in total. The topological polar surface area (TPSA) is 53.3 Å². The molecule has 0 heterocycles. The number of rotatable bonds is 8. The average molecular weight is 350 g/mol. The Kier molecular flexibility index (Phi) is 7.23. The fourth-order valence-corrected chi connectivity index (χ4v) is 2.78. The van der Waals surface area contributed by atoms with Crippen LogP contribution < -0.4 is 4.74 Å². The van der Waals surface area contributed by atoms with E-state index in [1.165, 1.54) is 0 Å². The van der Waals surface area contributed by atoms with Gasteiger partial charge in [0.2, 0.25) is 0 Å². The minimum atomic E-state index is -0.0410. The molecule has 0 spiro atoms. The molecule has 0 bridgehead atoms. The Bertz CT molecular complexity index is 763. The Morgan fingerprint density at radius 1 is 1.15 bits per heavy atom. The molecule has 4 nitrogen and oxygen atoms in total. The van der Waals surface area contributed by atoms with E-state index >= 15 is 0 Å². The average Bonchev–Trinajstić information content (AvgIpc) is 2.67. The van der Waals surface area contributed by atoms with Crippen LogP contribution in [-0.2, 0) is 0 Å². The number of nitrogens with zero attached hydrogens (tertiary/aromatic N) is 2. The first-order valence-electron chi connectivity index (χ1n) is 8.96. The highest BCUT2D eigenvalue weighted by Crippen LogP contribution is 2.31. The summed E-state index contributed by atoms with van der Waals surface area (Å²) in [5.41, 5.74) is 2.51. The van der Waals surface area contributed by atoms with Crippen LogP contribution in [0.4, 0.5) is 0 Å². The lowest BCUT2D eigenvalue weighted by molar-refractivity contribution is 0.0752. The second-order valence-electron chi connectivity index (χ2n) is 6.66. The molecular formula is C22H26N2O2. The van der Waals surface area contributed by atoms with E-state index in [2.05, 4.69) is 19.9 Å². The molecule has 2 rings (SSSR count). The summed E-state index contributed by atoms with van der Waals surface area (Å²) in [5.74, 6) is 1.20. The predicted octanol–water partition coefficient (Wildman–Crippen LogP) is 4.76. The van der Waals surface area contributed by atoms with Crippen LogP contribution in [0, 0.1) is 17.2 Å². The molecule has 0 fully saturated rings. The van der Waals surface area contributed by atoms with E-state index in [0.29, 0.717) is 31.0 Å². The van der Waals surface area contributed by atoms with Gasteiger partial charge in [-0.2, -0.15) is 5.26 Å². The molecule has 0 aliphatic heterocycles. The number of carbonyl (C=O) groups is 1. The van der Waals surface area contributed by atoms with E-state index in [9.17, 15) is 4.79 Å². The van der Waals surface area contributed by atoms with Gasteiger partial charge in [0.15, 0.2) is 0 Å². The summed E-state index contributed by atoms with van der Waals surface area (Å²) in [7, 11) is 1.63. The summed E-state index contributed by atoms with van der Waals surface area (Å²) < 4.78 is 5.47. The first-order chi connectivity index (χ1) is 12.6. The third kappa shape index (κ3) is 5.10. The minimum Gasteiger partial charge on any atom is -0.496 e. The summed E-state index contributed by atoms with van der Waals surface area (Å²) in [4.78, 5) is 14.8. The molecule has 0 aromatic heterocycles. The zero-order valence-electron chi connectivity index (χ0n) is 15.7. The van der Waals surface area contributed by atoms with Crippen molar-refractivity contribution in [1.82, 2.24) is 4.90 Å². The second kappa shape index (κ2) is 9.62. The molecule has 0 aliphatic carbocycles. The summed E-state index contributed by atoms with van der Waals surface area (Å²) in [6.45, 7) is 5.38. The van der Waals surface area contributed by atoms with E-state index in [0.717, 1.165) is 23.3 Å². The van der Waals surface area contributed by atoms with Crippen LogP contribution in [-0.4, -0.2) is 31.0 Å². The molecular weight excluding hydrogens is 324 g/mol. The maximum Gasteiger partial charge on any atom is 0.253 e. The molecule has 4 heteroatoms. The van der Waals surface area contributed by atoms with E-state index < -0.39 is 0 Å². The maximum absolute atomic E-state index is 13.0. The van der Waals surface area contributed by atoms with Crippen LogP contribution >= 0.6 is 0 Å². The third-order valence-electron chi connectivity index (χ3n) is 4.29. The van der Waals surface area contributed by atoms with E-state index in [4.69, 9.17) is 10.00 Å². The van der Waals surface area contributed by atoms with Crippen LogP contribution in [0.5, 0.6) is 5.75 Å². The molecule has 0 saturated heterocycles. The quantitative estimate of drug-likeness (QED) is 0.689. The van der Waals surface area contributed by atoms with Crippen LogP contribution in [0.25, 0.3) is 11.1 Å². The Balaban J connectivity index is 2.33. The fourth-order valence-electron chi connectivity index (χ4n) is 2.78. The standard InChI is InChI=1S/C22H26N2O2/c1-17(2)12-15-24(14-7-13-23)22(25)19-10-11-21(26-3)20(16-19)18-8-5-4-6-9-18/h4-6,8-11,16-17H,7,12,14-15H2,1-3H3. The predicted molar refractivity (Wildman–Crippen MR) is 104 cm³/mol. The minimum absolute atomic E-state index is 0.0410. The van der Waals surface area contributed by atoms with Crippen molar-refractivity contribution in [3.8, 4) is 22.9 Å². The number of benzene rings is 2. The highest BCUT2D eigenvalue weighted by Gasteiger charge is 2.18. The van der Waals surface area contributed by atoms with Crippen molar-refractivity contribution < 1.29 is 9.53 Å². The number of carbonyl (C=O) groups excluding carboxylic acids is 1. The first-order valence-corrected chi connectivity index (χ1v) is 8.96. The lowest BCUT2D eigenvalue weighted by Gasteiger charge is -2.23. The first kappa shape index (κ1) is 19.5. The highest BCUT2D eigenvalue weighted by molar-refractivity contribution is 5.96. The number of amides is 1. The van der Waals surface area contributed by atoms with Gasteiger partial charge in [0.1, 0.15) is 5.75 Å². The Hall–Kier alpha value is -2.80. The Morgan fingerprint density at radius 2 is 1.88 bits per heavy atom. The largest absolute Gasteiger partial charge is 0.496 e. The SMILES string of the molecule is COc1ccc(C(=O)N(CCC#N)CCC(C)C)cc1-c1ccccc1. The number of nitriles is 1. The van der Waals surface area contributed by atoms with Gasteiger partial charge in [0.05, 0.1) is 19.6 Å². The molecule has 26 heavy (non-hydrogen) atoms.